The Morgan fingerprint density at radius 2 is 1.76 bits per heavy atom. The smallest absolute Gasteiger partial charge is 0.338 e. The summed E-state index contributed by atoms with van der Waals surface area (Å²) < 4.78 is 51.4. The van der Waals surface area contributed by atoms with Gasteiger partial charge in [-0.25, -0.2) is 9.37 Å². The van der Waals surface area contributed by atoms with Gasteiger partial charge in [-0.15, -0.1) is 0 Å². The summed E-state index contributed by atoms with van der Waals surface area (Å²) in [5.41, 5.74) is -0.777. The zero-order valence-corrected chi connectivity index (χ0v) is 13.0. The molecule has 0 aliphatic carbocycles. The van der Waals surface area contributed by atoms with Crippen LogP contribution in [0.3, 0.4) is 0 Å². The zero-order chi connectivity index (χ0) is 15.8. The van der Waals surface area contributed by atoms with E-state index >= 15 is 0 Å². The fraction of sp³-hybridized carbons (Fsp3) is 0.0833. The summed E-state index contributed by atoms with van der Waals surface area (Å²) in [5.74, 6) is -0.753. The van der Waals surface area contributed by atoms with Crippen LogP contribution >= 0.6 is 39.1 Å². The summed E-state index contributed by atoms with van der Waals surface area (Å²) in [6.07, 6.45) is -4.56. The highest BCUT2D eigenvalue weighted by atomic mass is 79.9. The van der Waals surface area contributed by atoms with Crippen molar-refractivity contribution < 1.29 is 17.6 Å². The number of anilines is 2. The molecule has 1 aromatic heterocycles. The monoisotopic (exact) mass is 402 g/mol. The summed E-state index contributed by atoms with van der Waals surface area (Å²) in [5, 5.41) is 2.23. The second kappa shape index (κ2) is 5.98. The van der Waals surface area contributed by atoms with Gasteiger partial charge in [-0.3, -0.25) is 0 Å². The Kier molecular flexibility index (Phi) is 4.65. The lowest BCUT2D eigenvalue weighted by Gasteiger charge is -2.13. The third kappa shape index (κ3) is 3.99. The van der Waals surface area contributed by atoms with E-state index in [-0.39, 0.29) is 26.2 Å². The van der Waals surface area contributed by atoms with Crippen molar-refractivity contribution >= 4 is 50.6 Å². The molecule has 0 spiro atoms. The average Bonchev–Trinajstić information content (AvgIpc) is 2.32. The van der Waals surface area contributed by atoms with E-state index in [2.05, 4.69) is 26.2 Å². The van der Waals surface area contributed by atoms with Gasteiger partial charge in [0.1, 0.15) is 16.8 Å². The largest absolute Gasteiger partial charge is 0.416 e. The first-order valence-corrected chi connectivity index (χ1v) is 6.88. The Balaban J connectivity index is 2.43. The van der Waals surface area contributed by atoms with Crippen molar-refractivity contribution in [3.63, 3.8) is 0 Å². The van der Waals surface area contributed by atoms with Crippen LogP contribution in [0, 0.1) is 5.82 Å². The first-order valence-electron chi connectivity index (χ1n) is 5.33. The van der Waals surface area contributed by atoms with Gasteiger partial charge in [-0.05, 0) is 40.2 Å². The molecule has 0 saturated carbocycles. The van der Waals surface area contributed by atoms with Crippen LogP contribution in [0.5, 0.6) is 0 Å². The van der Waals surface area contributed by atoms with Crippen LogP contribution in [0.15, 0.2) is 28.7 Å². The summed E-state index contributed by atoms with van der Waals surface area (Å²) in [6, 6.07) is 3.61. The third-order valence-corrected chi connectivity index (χ3v) is 3.50. The fourth-order valence-electron chi connectivity index (χ4n) is 1.51. The van der Waals surface area contributed by atoms with E-state index in [1.54, 1.807) is 0 Å². The van der Waals surface area contributed by atoms with E-state index in [4.69, 9.17) is 23.2 Å². The van der Waals surface area contributed by atoms with E-state index in [0.29, 0.717) is 6.07 Å². The number of nitrogens with zero attached hydrogens (tertiary/aromatic N) is 1. The Morgan fingerprint density at radius 3 is 2.33 bits per heavy atom. The van der Waals surface area contributed by atoms with Crippen molar-refractivity contribution in [1.29, 1.82) is 0 Å². The first kappa shape index (κ1) is 16.3. The lowest BCUT2D eigenvalue weighted by Crippen LogP contribution is -2.07. The highest BCUT2D eigenvalue weighted by Crippen LogP contribution is 2.36. The van der Waals surface area contributed by atoms with Gasteiger partial charge >= 0.3 is 6.18 Å². The Labute approximate surface area is 135 Å². The average molecular weight is 404 g/mol. The van der Waals surface area contributed by atoms with Gasteiger partial charge < -0.3 is 5.32 Å². The molecular weight excluding hydrogens is 399 g/mol. The molecule has 112 valence electrons. The van der Waals surface area contributed by atoms with Crippen molar-refractivity contribution in [1.82, 2.24) is 4.98 Å². The molecule has 0 aliphatic rings. The molecule has 0 amide bonds. The predicted molar refractivity (Wildman–Crippen MR) is 76.6 cm³/mol. The minimum absolute atomic E-state index is 0.0165. The van der Waals surface area contributed by atoms with Crippen molar-refractivity contribution in [3.05, 3.63) is 50.3 Å². The number of rotatable bonds is 2. The van der Waals surface area contributed by atoms with Crippen LogP contribution < -0.4 is 5.32 Å². The molecule has 1 aromatic carbocycles. The molecule has 0 fully saturated rings. The number of aromatic nitrogens is 1. The maximum atomic E-state index is 13.1. The third-order valence-electron chi connectivity index (χ3n) is 2.38. The molecule has 0 atom stereocenters. The van der Waals surface area contributed by atoms with E-state index in [1.807, 2.05) is 0 Å². The number of nitrogens with one attached hydrogen (secondary N) is 1. The van der Waals surface area contributed by atoms with Gasteiger partial charge in [0.15, 0.2) is 0 Å². The molecule has 2 aromatic rings. The summed E-state index contributed by atoms with van der Waals surface area (Å²) in [7, 11) is 0. The molecule has 0 radical (unpaired) electrons. The van der Waals surface area contributed by atoms with Gasteiger partial charge in [-0.1, -0.05) is 23.2 Å². The number of alkyl halides is 3. The maximum Gasteiger partial charge on any atom is 0.416 e. The number of halogens is 7. The van der Waals surface area contributed by atoms with E-state index in [9.17, 15) is 17.6 Å². The number of hydrogen-bond donors (Lipinski definition) is 1. The zero-order valence-electron chi connectivity index (χ0n) is 9.90. The lowest BCUT2D eigenvalue weighted by molar-refractivity contribution is -0.137. The van der Waals surface area contributed by atoms with Gasteiger partial charge in [0.2, 0.25) is 0 Å². The summed E-state index contributed by atoms with van der Waals surface area (Å²) in [4.78, 5) is 3.73. The van der Waals surface area contributed by atoms with E-state index in [1.165, 1.54) is 0 Å². The molecule has 0 saturated heterocycles. The number of hydrogen-bond acceptors (Lipinski definition) is 2. The lowest BCUT2D eigenvalue weighted by atomic mass is 10.2. The van der Waals surface area contributed by atoms with Crippen molar-refractivity contribution in [2.45, 2.75) is 6.18 Å². The molecule has 0 unspecified atom stereocenters. The van der Waals surface area contributed by atoms with E-state index < -0.39 is 17.6 Å². The standard InChI is InChI=1S/C12H5BrCl2F4N2/c13-7-3-6(16)4-8(14)11(7)21-10-2-5(12(17,18)19)1-9(15)20-10/h1-4H,(H,20,21). The van der Waals surface area contributed by atoms with Crippen LogP contribution in [0.25, 0.3) is 0 Å². The highest BCUT2D eigenvalue weighted by Gasteiger charge is 2.31. The summed E-state index contributed by atoms with van der Waals surface area (Å²) >= 11 is 14.5. The highest BCUT2D eigenvalue weighted by molar-refractivity contribution is 9.10. The molecule has 2 rings (SSSR count). The van der Waals surface area contributed by atoms with Crippen LogP contribution in [-0.2, 0) is 6.18 Å². The van der Waals surface area contributed by atoms with Crippen molar-refractivity contribution in [2.24, 2.45) is 0 Å². The Morgan fingerprint density at radius 1 is 1.10 bits per heavy atom. The second-order valence-electron chi connectivity index (χ2n) is 3.93. The van der Waals surface area contributed by atoms with E-state index in [0.717, 1.165) is 18.2 Å². The van der Waals surface area contributed by atoms with Crippen LogP contribution in [-0.4, -0.2) is 4.98 Å². The molecule has 1 heterocycles. The van der Waals surface area contributed by atoms with Crippen LogP contribution in [0.2, 0.25) is 10.2 Å². The molecular formula is C12H5BrCl2F4N2. The SMILES string of the molecule is Fc1cc(Cl)c(Nc2cc(C(F)(F)F)cc(Cl)n2)c(Br)c1. The molecule has 1 N–H and O–H groups in total. The molecule has 21 heavy (non-hydrogen) atoms. The van der Waals surface area contributed by atoms with Gasteiger partial charge in [0, 0.05) is 4.47 Å². The Hall–Kier alpha value is -1.05. The number of pyridine rings is 1. The van der Waals surface area contributed by atoms with Crippen molar-refractivity contribution in [3.8, 4) is 0 Å². The van der Waals surface area contributed by atoms with Gasteiger partial charge in [-0.2, -0.15) is 13.2 Å². The molecule has 0 bridgehead atoms. The number of benzene rings is 1. The minimum atomic E-state index is -4.56. The molecule has 0 aliphatic heterocycles. The van der Waals surface area contributed by atoms with Crippen molar-refractivity contribution in [2.75, 3.05) is 5.32 Å². The fourth-order valence-corrected chi connectivity index (χ4v) is 2.62. The van der Waals surface area contributed by atoms with Crippen LogP contribution in [0.4, 0.5) is 29.1 Å². The normalized spacial score (nSPS) is 11.6. The molecule has 2 nitrogen and oxygen atoms in total. The second-order valence-corrected chi connectivity index (χ2v) is 5.58. The van der Waals surface area contributed by atoms with Crippen LogP contribution in [0.1, 0.15) is 5.56 Å². The minimum Gasteiger partial charge on any atom is -0.338 e. The Bertz CT molecular complexity index is 668. The maximum absolute atomic E-state index is 13.1. The van der Waals surface area contributed by atoms with Gasteiger partial charge in [0.05, 0.1) is 16.3 Å². The predicted octanol–water partition coefficient (Wildman–Crippen LogP) is 6.05. The first-order chi connectivity index (χ1) is 9.66. The topological polar surface area (TPSA) is 24.9 Å². The molecule has 9 heteroatoms. The quantitative estimate of drug-likeness (QED) is 0.487. The summed E-state index contributed by atoms with van der Waals surface area (Å²) in [6.45, 7) is 0. The van der Waals surface area contributed by atoms with Gasteiger partial charge in [0.25, 0.3) is 0 Å².